The zero-order valence-corrected chi connectivity index (χ0v) is 15.0. The monoisotopic (exact) mass is 363 g/mol. The lowest BCUT2D eigenvalue weighted by atomic mass is 9.81. The first-order valence-electron chi connectivity index (χ1n) is 9.18. The average molecular weight is 364 g/mol. The Morgan fingerprint density at radius 3 is 2.68 bits per heavy atom. The second kappa shape index (κ2) is 7.60. The minimum Gasteiger partial charge on any atom is -0.341 e. The molecule has 1 aromatic rings. The molecule has 3 saturated heterocycles. The van der Waals surface area contributed by atoms with Gasteiger partial charge in [-0.1, -0.05) is 30.3 Å². The Balaban J connectivity index is 1.44. The molecule has 0 aromatic heterocycles. The number of carbonyl (C=O) groups is 1. The van der Waals surface area contributed by atoms with Crippen molar-refractivity contribution in [3.63, 3.8) is 0 Å². The van der Waals surface area contributed by atoms with Gasteiger partial charge in [0.2, 0.25) is 5.91 Å². The first kappa shape index (κ1) is 17.2. The highest BCUT2D eigenvalue weighted by Crippen LogP contribution is 2.32. The van der Waals surface area contributed by atoms with Crippen LogP contribution in [0.4, 0.5) is 0 Å². The molecule has 25 heavy (non-hydrogen) atoms. The van der Waals surface area contributed by atoms with Crippen LogP contribution in [0.1, 0.15) is 24.3 Å². The predicted molar refractivity (Wildman–Crippen MR) is 98.0 cm³/mol. The van der Waals surface area contributed by atoms with Crippen LogP contribution in [0.25, 0.3) is 0 Å². The van der Waals surface area contributed by atoms with Gasteiger partial charge in [0, 0.05) is 38.1 Å². The Morgan fingerprint density at radius 1 is 1.12 bits per heavy atom. The quantitative estimate of drug-likeness (QED) is 0.591. The maximum atomic E-state index is 12.8. The molecule has 3 aliphatic heterocycles. The molecular formula is C18H26ClN5O. The molecule has 0 radical (unpaired) electrons. The minimum atomic E-state index is -0.319. The van der Waals surface area contributed by atoms with Gasteiger partial charge in [-0.3, -0.25) is 21.1 Å². The van der Waals surface area contributed by atoms with Crippen LogP contribution in [-0.4, -0.2) is 54.4 Å². The van der Waals surface area contributed by atoms with Crippen molar-refractivity contribution in [3.05, 3.63) is 35.9 Å². The SMILES string of the molecule is O=C(C1NNCC1Cl)N1CCCC(C2NNCC2c2ccccc2)C1. The molecule has 4 rings (SSSR count). The van der Waals surface area contributed by atoms with Crippen LogP contribution in [0.3, 0.4) is 0 Å². The number of rotatable bonds is 3. The normalized spacial score (nSPS) is 35.9. The summed E-state index contributed by atoms with van der Waals surface area (Å²) in [6, 6.07) is 10.7. The van der Waals surface area contributed by atoms with Crippen molar-refractivity contribution >= 4 is 17.5 Å². The van der Waals surface area contributed by atoms with Crippen molar-refractivity contribution in [2.24, 2.45) is 5.92 Å². The van der Waals surface area contributed by atoms with Gasteiger partial charge in [0.25, 0.3) is 0 Å². The van der Waals surface area contributed by atoms with E-state index in [1.165, 1.54) is 5.56 Å². The number of nitrogens with zero attached hydrogens (tertiary/aromatic N) is 1. The van der Waals surface area contributed by atoms with E-state index in [-0.39, 0.29) is 17.3 Å². The molecule has 1 aromatic carbocycles. The lowest BCUT2D eigenvalue weighted by Crippen LogP contribution is -2.54. The number of alkyl halides is 1. The minimum absolute atomic E-state index is 0.122. The van der Waals surface area contributed by atoms with Gasteiger partial charge in [0.1, 0.15) is 6.04 Å². The van der Waals surface area contributed by atoms with E-state index in [0.717, 1.165) is 32.5 Å². The fraction of sp³-hybridized carbons (Fsp3) is 0.611. The molecule has 7 heteroatoms. The fourth-order valence-corrected chi connectivity index (χ4v) is 4.63. The molecule has 0 aliphatic carbocycles. The van der Waals surface area contributed by atoms with Crippen LogP contribution in [0, 0.1) is 5.92 Å². The van der Waals surface area contributed by atoms with Crippen LogP contribution in [0.15, 0.2) is 30.3 Å². The third-order valence-corrected chi connectivity index (χ3v) is 6.12. The average Bonchev–Trinajstić information content (AvgIpc) is 3.31. The van der Waals surface area contributed by atoms with E-state index in [4.69, 9.17) is 11.6 Å². The van der Waals surface area contributed by atoms with Gasteiger partial charge >= 0.3 is 0 Å². The number of halogens is 1. The highest BCUT2D eigenvalue weighted by Gasteiger charge is 2.40. The van der Waals surface area contributed by atoms with E-state index in [1.54, 1.807) is 0 Å². The van der Waals surface area contributed by atoms with Crippen LogP contribution in [0.5, 0.6) is 0 Å². The van der Waals surface area contributed by atoms with E-state index in [1.807, 2.05) is 4.90 Å². The molecule has 3 heterocycles. The lowest BCUT2D eigenvalue weighted by molar-refractivity contribution is -0.135. The van der Waals surface area contributed by atoms with Crippen molar-refractivity contribution < 1.29 is 4.79 Å². The summed E-state index contributed by atoms with van der Waals surface area (Å²) in [7, 11) is 0. The summed E-state index contributed by atoms with van der Waals surface area (Å²) in [5.41, 5.74) is 14.2. The van der Waals surface area contributed by atoms with Gasteiger partial charge in [0.05, 0.1) is 5.38 Å². The highest BCUT2D eigenvalue weighted by atomic mass is 35.5. The molecule has 5 unspecified atom stereocenters. The molecule has 0 saturated carbocycles. The molecule has 0 bridgehead atoms. The number of amides is 1. The number of nitrogens with one attached hydrogen (secondary N) is 4. The van der Waals surface area contributed by atoms with Crippen molar-refractivity contribution in [1.82, 2.24) is 26.6 Å². The third kappa shape index (κ3) is 3.55. The maximum absolute atomic E-state index is 12.8. The molecule has 3 aliphatic rings. The molecule has 6 nitrogen and oxygen atoms in total. The van der Waals surface area contributed by atoms with Gasteiger partial charge in [-0.2, -0.15) is 0 Å². The second-order valence-corrected chi connectivity index (χ2v) is 7.83. The standard InChI is InChI=1S/C18H26ClN5O/c19-15-10-21-23-17(15)18(25)24-8-4-7-13(11-24)16-14(9-20-22-16)12-5-2-1-3-6-12/h1-3,5-6,13-17,20-23H,4,7-11H2. The zero-order chi connectivity index (χ0) is 17.2. The third-order valence-electron chi connectivity index (χ3n) is 5.71. The van der Waals surface area contributed by atoms with Crippen molar-refractivity contribution in [3.8, 4) is 0 Å². The first-order chi connectivity index (χ1) is 12.2. The Morgan fingerprint density at radius 2 is 1.92 bits per heavy atom. The predicted octanol–water partition coefficient (Wildman–Crippen LogP) is 0.569. The number of hydrogen-bond donors (Lipinski definition) is 4. The molecule has 0 spiro atoms. The number of carbonyl (C=O) groups excluding carboxylic acids is 1. The smallest absolute Gasteiger partial charge is 0.242 e. The van der Waals surface area contributed by atoms with E-state index in [2.05, 4.69) is 52.0 Å². The highest BCUT2D eigenvalue weighted by molar-refractivity contribution is 6.23. The van der Waals surface area contributed by atoms with Gasteiger partial charge in [-0.05, 0) is 24.3 Å². The summed E-state index contributed by atoms with van der Waals surface area (Å²) >= 11 is 6.26. The summed E-state index contributed by atoms with van der Waals surface area (Å²) in [5.74, 6) is 1.01. The molecule has 1 amide bonds. The Hall–Kier alpha value is -1.18. The van der Waals surface area contributed by atoms with Gasteiger partial charge < -0.3 is 4.90 Å². The van der Waals surface area contributed by atoms with Crippen LogP contribution in [0.2, 0.25) is 0 Å². The first-order valence-corrected chi connectivity index (χ1v) is 9.62. The Bertz CT molecular complexity index is 600. The van der Waals surface area contributed by atoms with Crippen molar-refractivity contribution in [2.75, 3.05) is 26.2 Å². The Labute approximate surface area is 153 Å². The fourth-order valence-electron chi connectivity index (χ4n) is 4.38. The van der Waals surface area contributed by atoms with E-state index in [0.29, 0.717) is 24.4 Å². The van der Waals surface area contributed by atoms with Crippen molar-refractivity contribution in [2.45, 2.75) is 36.2 Å². The molecule has 136 valence electrons. The van der Waals surface area contributed by atoms with Gasteiger partial charge in [0.15, 0.2) is 0 Å². The van der Waals surface area contributed by atoms with Gasteiger partial charge in [-0.25, -0.2) is 5.43 Å². The lowest BCUT2D eigenvalue weighted by Gasteiger charge is -2.38. The topological polar surface area (TPSA) is 68.4 Å². The molecule has 5 atom stereocenters. The summed E-state index contributed by atoms with van der Waals surface area (Å²) in [4.78, 5) is 14.8. The second-order valence-electron chi connectivity index (χ2n) is 7.27. The van der Waals surface area contributed by atoms with Crippen LogP contribution < -0.4 is 21.7 Å². The van der Waals surface area contributed by atoms with E-state index >= 15 is 0 Å². The number of hydrogen-bond acceptors (Lipinski definition) is 5. The van der Waals surface area contributed by atoms with E-state index < -0.39 is 0 Å². The largest absolute Gasteiger partial charge is 0.341 e. The summed E-state index contributed by atoms with van der Waals surface area (Å²) < 4.78 is 0. The van der Waals surface area contributed by atoms with Crippen LogP contribution >= 0.6 is 11.6 Å². The van der Waals surface area contributed by atoms with Crippen LogP contribution in [-0.2, 0) is 4.79 Å². The van der Waals surface area contributed by atoms with Crippen molar-refractivity contribution in [1.29, 1.82) is 0 Å². The molecule has 4 N–H and O–H groups in total. The van der Waals surface area contributed by atoms with Gasteiger partial charge in [-0.15, -0.1) is 11.6 Å². The summed E-state index contributed by atoms with van der Waals surface area (Å²) in [6.07, 6.45) is 2.19. The summed E-state index contributed by atoms with van der Waals surface area (Å²) in [5, 5.41) is -0.184. The number of piperidine rings is 1. The molecule has 3 fully saturated rings. The summed E-state index contributed by atoms with van der Waals surface area (Å²) in [6.45, 7) is 3.17. The molecular weight excluding hydrogens is 338 g/mol. The maximum Gasteiger partial charge on any atom is 0.242 e. The number of likely N-dealkylation sites (tertiary alicyclic amines) is 1. The number of hydrazine groups is 2. The van der Waals surface area contributed by atoms with E-state index in [9.17, 15) is 4.79 Å². The number of benzene rings is 1. The zero-order valence-electron chi connectivity index (χ0n) is 14.2. The Kier molecular flexibility index (Phi) is 5.24.